The minimum Gasteiger partial charge on any atom is -0.343 e. The molecule has 0 aromatic carbocycles. The minimum atomic E-state index is 0.266. The summed E-state index contributed by atoms with van der Waals surface area (Å²) in [5.74, 6) is 0.568. The van der Waals surface area contributed by atoms with Crippen LogP contribution in [0.2, 0.25) is 0 Å². The van der Waals surface area contributed by atoms with Crippen molar-refractivity contribution in [2.24, 2.45) is 0 Å². The van der Waals surface area contributed by atoms with Crippen LogP contribution in [-0.2, 0) is 9.59 Å². The van der Waals surface area contributed by atoms with Gasteiger partial charge in [-0.15, -0.1) is 0 Å². The van der Waals surface area contributed by atoms with Crippen LogP contribution in [0.4, 0.5) is 0 Å². The van der Waals surface area contributed by atoms with Crippen molar-refractivity contribution in [3.8, 4) is 0 Å². The number of unbranched alkanes of at least 4 members (excludes halogenated alkanes) is 2. The maximum Gasteiger partial charge on any atom is 0.222 e. The lowest BCUT2D eigenvalue weighted by Crippen LogP contribution is -2.25. The molecule has 0 radical (unpaired) electrons. The highest BCUT2D eigenvalue weighted by atomic mass is 16.2. The fourth-order valence-electron chi connectivity index (χ4n) is 1.79. The van der Waals surface area contributed by atoms with Gasteiger partial charge in [0.15, 0.2) is 0 Å². The van der Waals surface area contributed by atoms with Crippen LogP contribution < -0.4 is 0 Å². The van der Waals surface area contributed by atoms with E-state index in [0.29, 0.717) is 12.3 Å². The van der Waals surface area contributed by atoms with Gasteiger partial charge >= 0.3 is 0 Å². The molecule has 3 nitrogen and oxygen atoms in total. The average Bonchev–Trinajstić information content (AvgIpc) is 2.51. The average molecular weight is 197 g/mol. The Labute approximate surface area is 85.5 Å². The van der Waals surface area contributed by atoms with Gasteiger partial charge in [-0.2, -0.15) is 0 Å². The SMILES string of the molecule is CC(=O)CCCCCN1CCCC1=O. The Hall–Kier alpha value is -0.860. The van der Waals surface area contributed by atoms with E-state index in [4.69, 9.17) is 0 Å². The highest BCUT2D eigenvalue weighted by Gasteiger charge is 2.18. The van der Waals surface area contributed by atoms with Crippen molar-refractivity contribution in [2.75, 3.05) is 13.1 Å². The van der Waals surface area contributed by atoms with Gasteiger partial charge in [0.25, 0.3) is 0 Å². The zero-order valence-corrected chi connectivity index (χ0v) is 8.92. The third-order valence-electron chi connectivity index (χ3n) is 2.63. The van der Waals surface area contributed by atoms with Gasteiger partial charge in [-0.1, -0.05) is 6.42 Å². The highest BCUT2D eigenvalue weighted by Crippen LogP contribution is 2.11. The lowest BCUT2D eigenvalue weighted by molar-refractivity contribution is -0.127. The largest absolute Gasteiger partial charge is 0.343 e. The van der Waals surface area contributed by atoms with E-state index in [9.17, 15) is 9.59 Å². The fraction of sp³-hybridized carbons (Fsp3) is 0.818. The molecule has 0 aromatic rings. The third-order valence-corrected chi connectivity index (χ3v) is 2.63. The molecule has 1 rings (SSSR count). The summed E-state index contributed by atoms with van der Waals surface area (Å²) in [7, 11) is 0. The number of carbonyl (C=O) groups is 2. The molecule has 0 aromatic heterocycles. The van der Waals surface area contributed by atoms with E-state index >= 15 is 0 Å². The van der Waals surface area contributed by atoms with Gasteiger partial charge in [0.2, 0.25) is 5.91 Å². The summed E-state index contributed by atoms with van der Waals surface area (Å²) < 4.78 is 0. The molecular weight excluding hydrogens is 178 g/mol. The van der Waals surface area contributed by atoms with E-state index in [-0.39, 0.29) is 5.78 Å². The lowest BCUT2D eigenvalue weighted by atomic mass is 10.1. The number of amides is 1. The molecule has 0 spiro atoms. The smallest absolute Gasteiger partial charge is 0.222 e. The zero-order chi connectivity index (χ0) is 10.4. The second kappa shape index (κ2) is 5.78. The van der Waals surface area contributed by atoms with Gasteiger partial charge in [-0.25, -0.2) is 0 Å². The number of carbonyl (C=O) groups excluding carboxylic acids is 2. The molecule has 0 N–H and O–H groups in total. The minimum absolute atomic E-state index is 0.266. The van der Waals surface area contributed by atoms with Crippen LogP contribution in [0.15, 0.2) is 0 Å². The third kappa shape index (κ3) is 3.90. The molecule has 1 fully saturated rings. The Morgan fingerprint density at radius 2 is 2.14 bits per heavy atom. The van der Waals surface area contributed by atoms with Crippen LogP contribution in [0, 0.1) is 0 Å². The predicted octanol–water partition coefficient (Wildman–Crippen LogP) is 1.76. The number of hydrogen-bond acceptors (Lipinski definition) is 2. The topological polar surface area (TPSA) is 37.4 Å². The molecule has 0 saturated carbocycles. The summed E-state index contributed by atoms with van der Waals surface area (Å²) in [6, 6.07) is 0. The zero-order valence-electron chi connectivity index (χ0n) is 8.92. The summed E-state index contributed by atoms with van der Waals surface area (Å²) in [5.41, 5.74) is 0. The fourth-order valence-corrected chi connectivity index (χ4v) is 1.79. The van der Waals surface area contributed by atoms with E-state index in [1.54, 1.807) is 6.92 Å². The Kier molecular flexibility index (Phi) is 4.63. The van der Waals surface area contributed by atoms with E-state index < -0.39 is 0 Å². The normalized spacial score (nSPS) is 16.4. The first-order chi connectivity index (χ1) is 6.70. The Bertz CT molecular complexity index is 213. The number of hydrogen-bond donors (Lipinski definition) is 0. The molecule has 1 aliphatic heterocycles. The number of Topliss-reactive ketones (excluding diaryl/α,β-unsaturated/α-hetero) is 1. The molecule has 0 bridgehead atoms. The molecule has 14 heavy (non-hydrogen) atoms. The highest BCUT2D eigenvalue weighted by molar-refractivity contribution is 5.78. The van der Waals surface area contributed by atoms with Crippen LogP contribution in [-0.4, -0.2) is 29.7 Å². The van der Waals surface area contributed by atoms with Gasteiger partial charge in [0.1, 0.15) is 5.78 Å². The van der Waals surface area contributed by atoms with E-state index in [2.05, 4.69) is 0 Å². The first-order valence-electron chi connectivity index (χ1n) is 5.47. The second-order valence-electron chi connectivity index (χ2n) is 4.00. The summed E-state index contributed by atoms with van der Waals surface area (Å²) in [6.45, 7) is 3.45. The van der Waals surface area contributed by atoms with Crippen molar-refractivity contribution in [1.82, 2.24) is 4.90 Å². The molecule has 1 aliphatic rings. The summed E-state index contributed by atoms with van der Waals surface area (Å²) in [6.07, 6.45) is 5.51. The van der Waals surface area contributed by atoms with Crippen LogP contribution >= 0.6 is 0 Å². The standard InChI is InChI=1S/C11H19NO2/c1-10(13)6-3-2-4-8-12-9-5-7-11(12)14/h2-9H2,1H3. The van der Waals surface area contributed by atoms with Crippen LogP contribution in [0.25, 0.3) is 0 Å². The van der Waals surface area contributed by atoms with Crippen molar-refractivity contribution >= 4 is 11.7 Å². The van der Waals surface area contributed by atoms with Gasteiger partial charge in [-0.3, -0.25) is 4.79 Å². The van der Waals surface area contributed by atoms with Crippen molar-refractivity contribution in [3.63, 3.8) is 0 Å². The molecule has 80 valence electrons. The van der Waals surface area contributed by atoms with Crippen molar-refractivity contribution in [3.05, 3.63) is 0 Å². The monoisotopic (exact) mass is 197 g/mol. The quantitative estimate of drug-likeness (QED) is 0.608. The number of likely N-dealkylation sites (tertiary alicyclic amines) is 1. The lowest BCUT2D eigenvalue weighted by Gasteiger charge is -2.14. The van der Waals surface area contributed by atoms with E-state index in [1.165, 1.54) is 0 Å². The molecule has 0 aliphatic carbocycles. The summed E-state index contributed by atoms with van der Waals surface area (Å²) in [4.78, 5) is 23.8. The van der Waals surface area contributed by atoms with Gasteiger partial charge in [0.05, 0.1) is 0 Å². The van der Waals surface area contributed by atoms with Crippen LogP contribution in [0.1, 0.15) is 45.4 Å². The molecule has 1 heterocycles. The Morgan fingerprint density at radius 1 is 1.36 bits per heavy atom. The number of ketones is 1. The summed E-state index contributed by atoms with van der Waals surface area (Å²) in [5, 5.41) is 0. The molecule has 1 amide bonds. The molecule has 3 heteroatoms. The van der Waals surface area contributed by atoms with Crippen LogP contribution in [0.5, 0.6) is 0 Å². The van der Waals surface area contributed by atoms with Crippen molar-refractivity contribution in [2.45, 2.75) is 45.4 Å². The van der Waals surface area contributed by atoms with E-state index in [1.807, 2.05) is 4.90 Å². The molecule has 1 saturated heterocycles. The number of rotatable bonds is 6. The maximum absolute atomic E-state index is 11.2. The van der Waals surface area contributed by atoms with Crippen LogP contribution in [0.3, 0.4) is 0 Å². The Balaban J connectivity index is 1.98. The first-order valence-corrected chi connectivity index (χ1v) is 5.47. The number of nitrogens with zero attached hydrogens (tertiary/aromatic N) is 1. The van der Waals surface area contributed by atoms with Crippen molar-refractivity contribution < 1.29 is 9.59 Å². The second-order valence-corrected chi connectivity index (χ2v) is 4.00. The van der Waals surface area contributed by atoms with Gasteiger partial charge < -0.3 is 9.69 Å². The first kappa shape index (κ1) is 11.2. The molecule has 0 unspecified atom stereocenters. The maximum atomic E-state index is 11.2. The van der Waals surface area contributed by atoms with E-state index in [0.717, 1.165) is 45.2 Å². The molecular formula is C11H19NO2. The molecule has 0 atom stereocenters. The van der Waals surface area contributed by atoms with Gasteiger partial charge in [0, 0.05) is 25.9 Å². The van der Waals surface area contributed by atoms with Gasteiger partial charge in [-0.05, 0) is 26.2 Å². The predicted molar refractivity (Wildman–Crippen MR) is 55.0 cm³/mol. The summed E-state index contributed by atoms with van der Waals surface area (Å²) >= 11 is 0. The van der Waals surface area contributed by atoms with Crippen molar-refractivity contribution in [1.29, 1.82) is 0 Å². The Morgan fingerprint density at radius 3 is 2.71 bits per heavy atom.